The van der Waals surface area contributed by atoms with Crippen LogP contribution in [-0.4, -0.2) is 39.6 Å². The summed E-state index contributed by atoms with van der Waals surface area (Å²) in [5.41, 5.74) is 1.94. The van der Waals surface area contributed by atoms with Crippen molar-refractivity contribution in [3.05, 3.63) is 203 Å². The van der Waals surface area contributed by atoms with Crippen molar-refractivity contribution in [1.82, 2.24) is 19.9 Å². The average molecular weight is 750 g/mol. The van der Waals surface area contributed by atoms with E-state index in [1.807, 2.05) is 60.9 Å². The first-order chi connectivity index (χ1) is 26.5. The first kappa shape index (κ1) is 40.1. The molecule has 17 nitrogen and oxygen atoms in total. The number of nitro benzene ring substituents is 4. The number of hydrogen-bond acceptors (Lipinski definition) is 13. The Hall–Kier alpha value is -7.63. The van der Waals surface area contributed by atoms with Gasteiger partial charge in [-0.25, -0.2) is 0 Å². The van der Waals surface area contributed by atoms with E-state index in [4.69, 9.17) is 0 Å². The SMILES string of the molecule is O=[N+]([O-])c1ccc(F)c([N+](=O)[O-])c1.O=[N+]([O-])c1ccc(N(Cc2ccccn2)Cc2ccccn2)c([N+](=O)[O-])c1.c1ccc(CCCc2ccccn2)nc1. The van der Waals surface area contributed by atoms with Gasteiger partial charge in [-0.1, -0.05) is 24.3 Å². The van der Waals surface area contributed by atoms with E-state index < -0.39 is 36.9 Å². The monoisotopic (exact) mass is 749 g/mol. The lowest BCUT2D eigenvalue weighted by atomic mass is 10.1. The molecule has 0 aliphatic rings. The standard InChI is InChI=1S/C18H15N5O4.C13H14N2.C6H3FN2O4/c24-22(25)16-7-8-17(18(11-16)23(26)27)21(12-14-5-1-3-9-19-14)13-15-6-2-4-10-20-15;1-3-10-14-12(6-1)8-5-9-13-7-2-4-11-15-13;7-5-2-1-4(8(10)11)3-6(5)9(12)13/h1-11H,12-13H2;1-4,6-7,10-11H,5,8-9H2;1-3H. The lowest BCUT2D eigenvalue weighted by Crippen LogP contribution is -2.24. The van der Waals surface area contributed by atoms with E-state index >= 15 is 0 Å². The molecule has 55 heavy (non-hydrogen) atoms. The maximum atomic E-state index is 12.6. The van der Waals surface area contributed by atoms with Crippen molar-refractivity contribution in [3.8, 4) is 0 Å². The van der Waals surface area contributed by atoms with Gasteiger partial charge in [0.2, 0.25) is 5.82 Å². The van der Waals surface area contributed by atoms with E-state index in [0.717, 1.165) is 42.8 Å². The van der Waals surface area contributed by atoms with Gasteiger partial charge in [0, 0.05) is 48.3 Å². The zero-order valence-corrected chi connectivity index (χ0v) is 28.9. The normalized spacial score (nSPS) is 10.1. The van der Waals surface area contributed by atoms with E-state index in [0.29, 0.717) is 23.5 Å². The van der Waals surface area contributed by atoms with Crippen LogP contribution in [0.3, 0.4) is 0 Å². The molecule has 0 bridgehead atoms. The van der Waals surface area contributed by atoms with Crippen molar-refractivity contribution in [2.24, 2.45) is 0 Å². The summed E-state index contributed by atoms with van der Waals surface area (Å²) < 4.78 is 12.6. The molecule has 4 heterocycles. The fourth-order valence-electron chi connectivity index (χ4n) is 4.94. The molecule has 2 aromatic carbocycles. The van der Waals surface area contributed by atoms with Crippen molar-refractivity contribution in [2.75, 3.05) is 4.90 Å². The summed E-state index contributed by atoms with van der Waals surface area (Å²) >= 11 is 0. The Balaban J connectivity index is 0.000000202. The topological polar surface area (TPSA) is 227 Å². The largest absolute Gasteiger partial charge is 0.354 e. The van der Waals surface area contributed by atoms with Crippen LogP contribution < -0.4 is 4.90 Å². The average Bonchev–Trinajstić information content (AvgIpc) is 3.19. The molecular formula is C37H32FN9O8. The lowest BCUT2D eigenvalue weighted by molar-refractivity contribution is -0.395. The van der Waals surface area contributed by atoms with Gasteiger partial charge in [-0.15, -0.1) is 0 Å². The predicted octanol–water partition coefficient (Wildman–Crippen LogP) is 7.79. The minimum absolute atomic E-state index is 0.266. The molecule has 0 atom stereocenters. The number of pyridine rings is 4. The Kier molecular flexibility index (Phi) is 14.9. The van der Waals surface area contributed by atoms with Gasteiger partial charge in [0.15, 0.2) is 0 Å². The Morgan fingerprint density at radius 3 is 1.27 bits per heavy atom. The van der Waals surface area contributed by atoms with Crippen molar-refractivity contribution in [2.45, 2.75) is 32.4 Å². The third-order valence-electron chi connectivity index (χ3n) is 7.52. The second-order valence-electron chi connectivity index (χ2n) is 11.3. The Labute approximate surface area is 312 Å². The molecular weight excluding hydrogens is 717 g/mol. The van der Waals surface area contributed by atoms with Gasteiger partial charge in [-0.2, -0.15) is 4.39 Å². The molecule has 6 rings (SSSR count). The number of aromatic nitrogens is 4. The molecule has 0 N–H and O–H groups in total. The molecule has 0 unspecified atom stereocenters. The number of halogens is 1. The van der Waals surface area contributed by atoms with Crippen LogP contribution in [0.5, 0.6) is 0 Å². The zero-order chi connectivity index (χ0) is 39.6. The van der Waals surface area contributed by atoms with E-state index in [9.17, 15) is 44.8 Å². The van der Waals surface area contributed by atoms with E-state index in [-0.39, 0.29) is 30.2 Å². The fraction of sp³-hybridized carbons (Fsp3) is 0.135. The number of aryl methyl sites for hydroxylation is 2. The summed E-state index contributed by atoms with van der Waals surface area (Å²) in [7, 11) is 0. The van der Waals surface area contributed by atoms with Crippen LogP contribution in [-0.2, 0) is 25.9 Å². The number of hydrogen-bond donors (Lipinski definition) is 0. The van der Waals surface area contributed by atoms with Crippen LogP contribution >= 0.6 is 0 Å². The number of nitro groups is 4. The predicted molar refractivity (Wildman–Crippen MR) is 198 cm³/mol. The number of nitrogens with zero attached hydrogens (tertiary/aromatic N) is 9. The molecule has 0 radical (unpaired) electrons. The van der Waals surface area contributed by atoms with Crippen LogP contribution in [0.25, 0.3) is 0 Å². The molecule has 0 fully saturated rings. The molecule has 0 aliphatic heterocycles. The van der Waals surface area contributed by atoms with Gasteiger partial charge in [0.05, 0.1) is 56.3 Å². The fourth-order valence-corrected chi connectivity index (χ4v) is 4.94. The van der Waals surface area contributed by atoms with Crippen LogP contribution in [0.15, 0.2) is 134 Å². The Morgan fingerprint density at radius 2 is 0.891 bits per heavy atom. The van der Waals surface area contributed by atoms with Gasteiger partial charge in [-0.3, -0.25) is 60.4 Å². The first-order valence-electron chi connectivity index (χ1n) is 16.4. The van der Waals surface area contributed by atoms with Gasteiger partial charge < -0.3 is 4.90 Å². The van der Waals surface area contributed by atoms with Crippen molar-refractivity contribution in [3.63, 3.8) is 0 Å². The van der Waals surface area contributed by atoms with Gasteiger partial charge in [0.1, 0.15) is 5.69 Å². The second kappa shape index (κ2) is 20.4. The summed E-state index contributed by atoms with van der Waals surface area (Å²) in [6.07, 6.45) is 10.1. The van der Waals surface area contributed by atoms with Crippen molar-refractivity contribution >= 4 is 28.4 Å². The number of non-ortho nitro benzene ring substituents is 2. The quantitative estimate of drug-likeness (QED) is 0.0812. The highest BCUT2D eigenvalue weighted by atomic mass is 19.1. The molecule has 4 aromatic heterocycles. The van der Waals surface area contributed by atoms with Gasteiger partial charge in [-0.05, 0) is 79.9 Å². The summed E-state index contributed by atoms with van der Waals surface area (Å²) in [5, 5.41) is 42.8. The summed E-state index contributed by atoms with van der Waals surface area (Å²) in [6, 6.07) is 28.7. The highest BCUT2D eigenvalue weighted by Gasteiger charge is 2.24. The Bertz CT molecular complexity index is 2110. The molecule has 18 heteroatoms. The van der Waals surface area contributed by atoms with Crippen molar-refractivity contribution in [1.29, 1.82) is 0 Å². The van der Waals surface area contributed by atoms with E-state index in [1.54, 1.807) is 29.4 Å². The van der Waals surface area contributed by atoms with Gasteiger partial charge in [0.25, 0.3) is 17.1 Å². The minimum atomic E-state index is -1.09. The molecule has 0 aliphatic carbocycles. The smallest absolute Gasteiger partial charge is 0.311 e. The van der Waals surface area contributed by atoms with Crippen molar-refractivity contribution < 1.29 is 24.1 Å². The maximum Gasteiger partial charge on any atom is 0.311 e. The van der Waals surface area contributed by atoms with Crippen LogP contribution in [0.4, 0.5) is 32.8 Å². The van der Waals surface area contributed by atoms with E-state index in [1.165, 1.54) is 12.1 Å². The summed E-state index contributed by atoms with van der Waals surface area (Å²) in [6.45, 7) is 0.576. The Morgan fingerprint density at radius 1 is 0.491 bits per heavy atom. The summed E-state index contributed by atoms with van der Waals surface area (Å²) in [5.74, 6) is -1.09. The summed E-state index contributed by atoms with van der Waals surface area (Å²) in [4.78, 5) is 58.5. The molecule has 0 saturated carbocycles. The first-order valence-corrected chi connectivity index (χ1v) is 16.4. The van der Waals surface area contributed by atoms with Crippen LogP contribution in [0.1, 0.15) is 29.2 Å². The third-order valence-corrected chi connectivity index (χ3v) is 7.52. The van der Waals surface area contributed by atoms with Crippen LogP contribution in [0, 0.1) is 46.3 Å². The second-order valence-corrected chi connectivity index (χ2v) is 11.3. The van der Waals surface area contributed by atoms with Gasteiger partial charge >= 0.3 is 5.69 Å². The number of rotatable bonds is 13. The zero-order valence-electron chi connectivity index (χ0n) is 28.9. The minimum Gasteiger partial charge on any atom is -0.354 e. The maximum absolute atomic E-state index is 12.6. The number of benzene rings is 2. The molecule has 0 saturated heterocycles. The molecule has 0 spiro atoms. The van der Waals surface area contributed by atoms with E-state index in [2.05, 4.69) is 32.1 Å². The van der Waals surface area contributed by atoms with Crippen LogP contribution in [0.2, 0.25) is 0 Å². The highest BCUT2D eigenvalue weighted by molar-refractivity contribution is 5.67. The molecule has 0 amide bonds. The molecule has 280 valence electrons. The third kappa shape index (κ3) is 12.8. The highest BCUT2D eigenvalue weighted by Crippen LogP contribution is 2.33. The molecule has 6 aromatic rings. The number of anilines is 1. The lowest BCUT2D eigenvalue weighted by Gasteiger charge is -2.24.